The van der Waals surface area contributed by atoms with Crippen LogP contribution in [0.25, 0.3) is 6.08 Å². The summed E-state index contributed by atoms with van der Waals surface area (Å²) in [6.45, 7) is 17.3. The molecule has 7 heteroatoms. The molecule has 0 aromatic heterocycles. The Balaban J connectivity index is 0.00000210. The van der Waals surface area contributed by atoms with Crippen molar-refractivity contribution in [3.8, 4) is 0 Å². The van der Waals surface area contributed by atoms with Crippen molar-refractivity contribution in [1.29, 1.82) is 0 Å². The van der Waals surface area contributed by atoms with E-state index < -0.39 is 28.3 Å². The SMILES string of the molecule is C[CH2][Zr]([CH3])(=[SiH2])([O][Si](C)(C)C)([C]1=CC=CC1)([CH]1C=Cc2ccccc21)[SiH](C)C.Cl.Cl. The molecule has 164 valence electrons. The maximum atomic E-state index is 7.97. The molecule has 2 aliphatic carbocycles. The molecule has 0 radical (unpaired) electrons. The van der Waals surface area contributed by atoms with Gasteiger partial charge in [-0.25, -0.2) is 0 Å². The van der Waals surface area contributed by atoms with Gasteiger partial charge in [0.1, 0.15) is 0 Å². The minimum absolute atomic E-state index is 0. The Kier molecular flexibility index (Phi) is 6.90. The summed E-state index contributed by atoms with van der Waals surface area (Å²) in [5.41, 5.74) is 2.92. The zero-order valence-electron chi connectivity index (χ0n) is 19.2. The molecule has 2 aliphatic rings. The van der Waals surface area contributed by atoms with E-state index in [-0.39, 0.29) is 24.8 Å². The normalized spacial score (nSPS) is 21.9. The van der Waals surface area contributed by atoms with Crippen molar-refractivity contribution in [1.82, 2.24) is 0 Å². The molecule has 1 aromatic rings. The summed E-state index contributed by atoms with van der Waals surface area (Å²) in [6.07, 6.45) is 13.1. The van der Waals surface area contributed by atoms with E-state index in [9.17, 15) is 0 Å². The van der Waals surface area contributed by atoms with Crippen molar-refractivity contribution in [2.24, 2.45) is 0 Å². The van der Waals surface area contributed by atoms with E-state index in [0.717, 1.165) is 6.42 Å². The van der Waals surface area contributed by atoms with E-state index in [1.54, 1.807) is 3.28 Å². The van der Waals surface area contributed by atoms with Gasteiger partial charge in [0.15, 0.2) is 0 Å². The Bertz CT molecular complexity index is 1040. The number of allylic oxidation sites excluding steroid dienone is 5. The Hall–Kier alpha value is 0.514. The molecule has 0 N–H and O–H groups in total. The quantitative estimate of drug-likeness (QED) is 0.337. The molecule has 0 saturated carbocycles. The Morgan fingerprint density at radius 2 is 1.79 bits per heavy atom. The van der Waals surface area contributed by atoms with Crippen LogP contribution in [0.4, 0.5) is 0 Å². The van der Waals surface area contributed by atoms with Crippen LogP contribution in [0, 0.1) is 0 Å². The molecule has 1 nitrogen and oxygen atoms in total. The number of halogens is 2. The largest absolute Gasteiger partial charge is 0.147 e. The van der Waals surface area contributed by atoms with Crippen LogP contribution >= 0.6 is 24.8 Å². The van der Waals surface area contributed by atoms with Gasteiger partial charge in [0, 0.05) is 0 Å². The van der Waals surface area contributed by atoms with E-state index in [4.69, 9.17) is 2.50 Å². The summed E-state index contributed by atoms with van der Waals surface area (Å²) in [4.78, 5) is 0. The van der Waals surface area contributed by atoms with Gasteiger partial charge < -0.3 is 0 Å². The molecule has 0 spiro atoms. The summed E-state index contributed by atoms with van der Waals surface area (Å²) >= 11 is -4.91. The topological polar surface area (TPSA) is 9.23 Å². The van der Waals surface area contributed by atoms with Crippen LogP contribution in [0.1, 0.15) is 28.1 Å². The van der Waals surface area contributed by atoms with Crippen molar-refractivity contribution in [3.63, 3.8) is 0 Å². The standard InChI is InChI=1S/C9H7.C5H5.C3H9OSi.C2H7Si.C2H5.CH3.2ClH.H2Si.Zr/c1-2-5-9-7-3-6-8(9)4-1;1-2-4-5-3-1;1-5(2,3)4;1-3-2;1-2;;;;;/h1-7H;1-3H,4H2;1-3H3;3H,1-2H3;1H2,2H3;1H3;2*1H;1H2;/q;;-1;;;;;;;+1. The van der Waals surface area contributed by atoms with Gasteiger partial charge in [0.2, 0.25) is 0 Å². The number of hydrogen-bond acceptors (Lipinski definition) is 1. The molecular weight excluding hydrogens is 527 g/mol. The van der Waals surface area contributed by atoms with Gasteiger partial charge in [-0.05, 0) is 0 Å². The van der Waals surface area contributed by atoms with Gasteiger partial charge in [-0.1, -0.05) is 0 Å². The van der Waals surface area contributed by atoms with Crippen LogP contribution in [-0.2, 0) is 16.5 Å². The summed E-state index contributed by atoms with van der Waals surface area (Å²) < 4.78 is 14.0. The minimum atomic E-state index is -4.91. The number of hydrogen-bond donors (Lipinski definition) is 0. The van der Waals surface area contributed by atoms with Crippen LogP contribution in [0.5, 0.6) is 0 Å². The molecule has 0 aliphatic heterocycles. The third kappa shape index (κ3) is 3.25. The monoisotopic (exact) mass is 564 g/mol. The van der Waals surface area contributed by atoms with Gasteiger partial charge in [-0.3, -0.25) is 0 Å². The number of fused-ring (bicyclic) bond motifs is 1. The molecule has 1 unspecified atom stereocenters. The van der Waals surface area contributed by atoms with Crippen molar-refractivity contribution >= 4 is 52.0 Å². The molecule has 29 heavy (non-hydrogen) atoms. The van der Waals surface area contributed by atoms with Crippen LogP contribution in [0.15, 0.2) is 51.9 Å². The fourth-order valence-corrected chi connectivity index (χ4v) is 89.9. The minimum Gasteiger partial charge on any atom is -0.147 e. The predicted octanol–water partition coefficient (Wildman–Crippen LogP) is 6.99. The second-order valence-electron chi connectivity index (χ2n) is 11.8. The van der Waals surface area contributed by atoms with Gasteiger partial charge in [-0.2, -0.15) is 0 Å². The van der Waals surface area contributed by atoms with E-state index in [0.29, 0.717) is 3.63 Å². The van der Waals surface area contributed by atoms with Gasteiger partial charge in [-0.15, -0.1) is 24.8 Å². The first-order valence-corrected chi connectivity index (χ1v) is 34.9. The molecule has 0 bridgehead atoms. The summed E-state index contributed by atoms with van der Waals surface area (Å²) in [7, 11) is -1.83. The first kappa shape index (κ1) is 27.5. The first-order chi connectivity index (χ1) is 12.3. The molecule has 1 atom stereocenters. The number of benzene rings is 1. The third-order valence-corrected chi connectivity index (χ3v) is 114. The molecule has 0 fully saturated rings. The van der Waals surface area contributed by atoms with E-state index >= 15 is 0 Å². The van der Waals surface area contributed by atoms with Crippen LogP contribution in [0.2, 0.25) is 41.5 Å². The smallest absolute Gasteiger partial charge is 0.147 e. The van der Waals surface area contributed by atoms with E-state index in [2.05, 4.69) is 106 Å². The van der Waals surface area contributed by atoms with E-state index in [1.165, 1.54) is 15.3 Å². The average Bonchev–Trinajstić information content (AvgIpc) is 3.25. The fraction of sp³-hybridized carbons (Fsp3) is 0.455. The second kappa shape index (κ2) is 7.26. The van der Waals surface area contributed by atoms with Crippen molar-refractivity contribution in [3.05, 3.63) is 63.0 Å². The predicted molar refractivity (Wildman–Crippen MR) is 143 cm³/mol. The zero-order chi connectivity index (χ0) is 20.2. The summed E-state index contributed by atoms with van der Waals surface area (Å²) in [5, 5.41) is 0. The zero-order valence-corrected chi connectivity index (χ0v) is 26.9. The molecule has 0 saturated heterocycles. The number of rotatable bonds is 6. The Morgan fingerprint density at radius 1 is 1.17 bits per heavy atom. The molecular formula is C22H40Cl2OSi3Zr. The molecule has 0 heterocycles. The first-order valence-electron chi connectivity index (χ1n) is 10.6. The Labute approximate surface area is 188 Å². The fourth-order valence-electron chi connectivity index (χ4n) is 6.77. The van der Waals surface area contributed by atoms with Gasteiger partial charge >= 0.3 is 165 Å². The van der Waals surface area contributed by atoms with Crippen molar-refractivity contribution in [2.45, 2.75) is 58.5 Å². The summed E-state index contributed by atoms with van der Waals surface area (Å²) in [5.74, 6) is -1.30. The van der Waals surface area contributed by atoms with Crippen molar-refractivity contribution in [2.75, 3.05) is 0 Å². The average molecular weight is 567 g/mol. The molecule has 3 rings (SSSR count). The van der Waals surface area contributed by atoms with Gasteiger partial charge in [0.05, 0.1) is 0 Å². The van der Waals surface area contributed by atoms with E-state index in [1.807, 2.05) is 0 Å². The maximum absolute atomic E-state index is 7.97. The van der Waals surface area contributed by atoms with Crippen LogP contribution in [0.3, 0.4) is 0 Å². The Morgan fingerprint density at radius 3 is 2.28 bits per heavy atom. The maximum Gasteiger partial charge on any atom is -0.147 e. The molecule has 0 amide bonds. The summed E-state index contributed by atoms with van der Waals surface area (Å²) in [6, 6.07) is 9.07. The van der Waals surface area contributed by atoms with Crippen LogP contribution < -0.4 is 0 Å². The molecule has 1 aromatic carbocycles. The van der Waals surface area contributed by atoms with Crippen molar-refractivity contribution < 1.29 is 16.5 Å². The van der Waals surface area contributed by atoms with Crippen LogP contribution in [-0.4, -0.2) is 21.1 Å². The van der Waals surface area contributed by atoms with Gasteiger partial charge in [0.25, 0.3) is 0 Å². The third-order valence-electron chi connectivity index (χ3n) is 9.37. The second-order valence-corrected chi connectivity index (χ2v) is 88.1.